The highest BCUT2D eigenvalue weighted by atomic mass is 32.2. The zero-order chi connectivity index (χ0) is 18.1. The fourth-order valence-electron chi connectivity index (χ4n) is 3.53. The molecule has 0 aliphatic heterocycles. The smallest absolute Gasteiger partial charge is 0.305 e. The van der Waals surface area contributed by atoms with E-state index in [1.807, 2.05) is 30.3 Å². The normalized spacial score (nSPS) is 21.3. The van der Waals surface area contributed by atoms with Gasteiger partial charge in [0.15, 0.2) is 4.90 Å². The van der Waals surface area contributed by atoms with Crippen LogP contribution in [0, 0.1) is 11.8 Å². The Kier molecular flexibility index (Phi) is 8.49. The molecule has 0 bridgehead atoms. The molecule has 25 heavy (non-hydrogen) atoms. The van der Waals surface area contributed by atoms with Gasteiger partial charge in [-0.25, -0.2) is 0 Å². The van der Waals surface area contributed by atoms with Crippen molar-refractivity contribution in [2.75, 3.05) is 12.9 Å². The van der Waals surface area contributed by atoms with E-state index in [4.69, 9.17) is 0 Å². The number of ether oxygens (including phenoxy) is 1. The molecule has 4 nitrogen and oxygen atoms in total. The Morgan fingerprint density at radius 3 is 2.64 bits per heavy atom. The van der Waals surface area contributed by atoms with Gasteiger partial charge in [-0.05, 0) is 42.6 Å². The molecule has 0 heterocycles. The standard InChI is InChI=1S/C20H28O4S/c1-24-20(22)12-8-3-2-7-11-18-16(13-14-19(18)21)15-25(23)17-9-5-4-6-10-17/h4-6,9-10,16,18H,2-3,7-8,11-15H2,1H3. The van der Waals surface area contributed by atoms with Crippen LogP contribution in [-0.2, 0) is 25.5 Å². The third kappa shape index (κ3) is 6.48. The maximum atomic E-state index is 12.5. The number of esters is 1. The largest absolute Gasteiger partial charge is 0.611 e. The highest BCUT2D eigenvalue weighted by Gasteiger charge is 2.37. The lowest BCUT2D eigenvalue weighted by Gasteiger charge is -2.20. The summed E-state index contributed by atoms with van der Waals surface area (Å²) in [6, 6.07) is 9.51. The first-order chi connectivity index (χ1) is 12.1. The molecule has 1 aromatic rings. The highest BCUT2D eigenvalue weighted by molar-refractivity contribution is 7.91. The van der Waals surface area contributed by atoms with Crippen LogP contribution in [-0.4, -0.2) is 29.2 Å². The quantitative estimate of drug-likeness (QED) is 0.359. The summed E-state index contributed by atoms with van der Waals surface area (Å²) in [5.74, 6) is 1.07. The van der Waals surface area contributed by atoms with Crippen LogP contribution < -0.4 is 0 Å². The number of unbranched alkanes of at least 4 members (excludes halogenated alkanes) is 3. The Balaban J connectivity index is 1.72. The van der Waals surface area contributed by atoms with Crippen molar-refractivity contribution in [3.8, 4) is 0 Å². The molecule has 1 aliphatic carbocycles. The molecular weight excluding hydrogens is 336 g/mol. The monoisotopic (exact) mass is 364 g/mol. The predicted octanol–water partition coefficient (Wildman–Crippen LogP) is 3.90. The summed E-state index contributed by atoms with van der Waals surface area (Å²) in [5, 5.41) is 0. The number of Topliss-reactive ketones (excluding diaryl/α,β-unsaturated/α-hetero) is 1. The van der Waals surface area contributed by atoms with Crippen LogP contribution in [0.2, 0.25) is 0 Å². The molecule has 0 aromatic heterocycles. The minimum Gasteiger partial charge on any atom is -0.611 e. The predicted molar refractivity (Wildman–Crippen MR) is 98.7 cm³/mol. The van der Waals surface area contributed by atoms with Gasteiger partial charge in [0.05, 0.1) is 7.11 Å². The van der Waals surface area contributed by atoms with E-state index < -0.39 is 11.2 Å². The van der Waals surface area contributed by atoms with Crippen molar-refractivity contribution < 1.29 is 18.9 Å². The van der Waals surface area contributed by atoms with E-state index in [0.717, 1.165) is 43.4 Å². The molecule has 0 N–H and O–H groups in total. The zero-order valence-corrected chi connectivity index (χ0v) is 15.8. The average molecular weight is 365 g/mol. The van der Waals surface area contributed by atoms with Crippen molar-refractivity contribution in [3.63, 3.8) is 0 Å². The number of hydrogen-bond acceptors (Lipinski definition) is 4. The lowest BCUT2D eigenvalue weighted by atomic mass is 9.91. The molecule has 3 atom stereocenters. The first kappa shape index (κ1) is 20.0. The topological polar surface area (TPSA) is 66.4 Å². The molecule has 1 fully saturated rings. The Morgan fingerprint density at radius 2 is 1.92 bits per heavy atom. The van der Waals surface area contributed by atoms with Gasteiger partial charge in [-0.1, -0.05) is 37.5 Å². The van der Waals surface area contributed by atoms with Gasteiger partial charge in [0, 0.05) is 24.7 Å². The maximum Gasteiger partial charge on any atom is 0.305 e. The van der Waals surface area contributed by atoms with E-state index in [0.29, 0.717) is 24.4 Å². The molecule has 0 spiro atoms. The van der Waals surface area contributed by atoms with E-state index in [2.05, 4.69) is 4.74 Å². The number of carbonyl (C=O) groups is 2. The molecule has 2 rings (SSSR count). The van der Waals surface area contributed by atoms with Crippen LogP contribution in [0.5, 0.6) is 0 Å². The highest BCUT2D eigenvalue weighted by Crippen LogP contribution is 2.35. The molecule has 1 aromatic carbocycles. The number of methoxy groups -OCH3 is 1. The van der Waals surface area contributed by atoms with Gasteiger partial charge in [-0.2, -0.15) is 0 Å². The number of ketones is 1. The van der Waals surface area contributed by atoms with Crippen molar-refractivity contribution in [2.24, 2.45) is 11.8 Å². The average Bonchev–Trinajstić information content (AvgIpc) is 2.98. The third-order valence-corrected chi connectivity index (χ3v) is 6.52. The minimum atomic E-state index is -1.03. The van der Waals surface area contributed by atoms with Gasteiger partial charge in [0.1, 0.15) is 11.5 Å². The number of rotatable bonds is 10. The lowest BCUT2D eigenvalue weighted by Crippen LogP contribution is -2.23. The summed E-state index contributed by atoms with van der Waals surface area (Å²) in [4.78, 5) is 24.1. The lowest BCUT2D eigenvalue weighted by molar-refractivity contribution is -0.140. The summed E-state index contributed by atoms with van der Waals surface area (Å²) < 4.78 is 17.1. The first-order valence-electron chi connectivity index (χ1n) is 9.14. The molecule has 1 aliphatic rings. The van der Waals surface area contributed by atoms with Gasteiger partial charge >= 0.3 is 5.97 Å². The molecule has 0 amide bonds. The van der Waals surface area contributed by atoms with Gasteiger partial charge in [-0.3, -0.25) is 9.59 Å². The SMILES string of the molecule is COC(=O)CCCCCCC1C(=O)CCC1C[S+]([O-])c1ccccc1. The molecule has 5 heteroatoms. The maximum absolute atomic E-state index is 12.5. The zero-order valence-electron chi connectivity index (χ0n) is 14.9. The third-order valence-electron chi connectivity index (χ3n) is 4.99. The van der Waals surface area contributed by atoms with E-state index in [-0.39, 0.29) is 17.8 Å². The van der Waals surface area contributed by atoms with Gasteiger partial charge in [0.25, 0.3) is 0 Å². The summed E-state index contributed by atoms with van der Waals surface area (Å²) >= 11 is -1.03. The second-order valence-corrected chi connectivity index (χ2v) is 8.22. The molecule has 0 saturated heterocycles. The van der Waals surface area contributed by atoms with Crippen molar-refractivity contribution in [3.05, 3.63) is 30.3 Å². The van der Waals surface area contributed by atoms with Crippen LogP contribution in [0.4, 0.5) is 0 Å². The van der Waals surface area contributed by atoms with Crippen LogP contribution in [0.15, 0.2) is 35.2 Å². The number of hydrogen-bond donors (Lipinski definition) is 0. The van der Waals surface area contributed by atoms with Crippen LogP contribution in [0.1, 0.15) is 51.4 Å². The van der Waals surface area contributed by atoms with Crippen molar-refractivity contribution in [1.29, 1.82) is 0 Å². The Hall–Kier alpha value is -1.33. The molecular formula is C20H28O4S. The van der Waals surface area contributed by atoms with Gasteiger partial charge < -0.3 is 9.29 Å². The van der Waals surface area contributed by atoms with Crippen molar-refractivity contribution in [2.45, 2.75) is 56.3 Å². The van der Waals surface area contributed by atoms with E-state index in [1.165, 1.54) is 7.11 Å². The summed E-state index contributed by atoms with van der Waals surface area (Å²) in [7, 11) is 1.41. The molecule has 0 radical (unpaired) electrons. The van der Waals surface area contributed by atoms with Gasteiger partial charge in [0.2, 0.25) is 0 Å². The number of benzene rings is 1. The molecule has 138 valence electrons. The van der Waals surface area contributed by atoms with Crippen LogP contribution >= 0.6 is 0 Å². The summed E-state index contributed by atoms with van der Waals surface area (Å²) in [6.07, 6.45) is 6.68. The first-order valence-corrected chi connectivity index (χ1v) is 10.5. The van der Waals surface area contributed by atoms with Crippen LogP contribution in [0.3, 0.4) is 0 Å². The second-order valence-electron chi connectivity index (χ2n) is 6.73. The minimum absolute atomic E-state index is 0.0632. The van der Waals surface area contributed by atoms with Crippen LogP contribution in [0.25, 0.3) is 0 Å². The Labute approximate surface area is 153 Å². The molecule has 3 unspecified atom stereocenters. The second kappa shape index (κ2) is 10.6. The number of carbonyl (C=O) groups excluding carboxylic acids is 2. The summed E-state index contributed by atoms with van der Waals surface area (Å²) in [5.41, 5.74) is 0. The van der Waals surface area contributed by atoms with E-state index in [1.54, 1.807) is 0 Å². The van der Waals surface area contributed by atoms with Crippen molar-refractivity contribution in [1.82, 2.24) is 0 Å². The molecule has 1 saturated carbocycles. The fourth-order valence-corrected chi connectivity index (χ4v) is 4.97. The van der Waals surface area contributed by atoms with E-state index >= 15 is 0 Å². The Bertz CT molecular complexity index is 546. The van der Waals surface area contributed by atoms with Crippen molar-refractivity contribution >= 4 is 22.9 Å². The fraction of sp³-hybridized carbons (Fsp3) is 0.600. The Morgan fingerprint density at radius 1 is 1.20 bits per heavy atom. The van der Waals surface area contributed by atoms with Gasteiger partial charge in [-0.15, -0.1) is 0 Å². The van der Waals surface area contributed by atoms with E-state index in [9.17, 15) is 14.1 Å². The summed E-state index contributed by atoms with van der Waals surface area (Å²) in [6.45, 7) is 0.